The molecule has 0 bridgehead atoms. The highest BCUT2D eigenvalue weighted by Gasteiger charge is 2.04. The van der Waals surface area contributed by atoms with Gasteiger partial charge in [-0.1, -0.05) is 23.2 Å². The van der Waals surface area contributed by atoms with Crippen LogP contribution in [0.5, 0.6) is 0 Å². The van der Waals surface area contributed by atoms with Crippen LogP contribution >= 0.6 is 23.2 Å². The molecule has 2 aromatic rings. The molecular weight excluding hydrogens is 231 g/mol. The van der Waals surface area contributed by atoms with Gasteiger partial charge in [0.15, 0.2) is 0 Å². The predicted octanol–water partition coefficient (Wildman–Crippen LogP) is 3.80. The van der Waals surface area contributed by atoms with Gasteiger partial charge in [0.2, 0.25) is 0 Å². The molecule has 2 nitrogen and oxygen atoms in total. The second kappa shape index (κ2) is 3.87. The van der Waals surface area contributed by atoms with E-state index in [4.69, 9.17) is 23.2 Å². The molecule has 0 spiro atoms. The third-order valence-corrected chi connectivity index (χ3v) is 3.05. The van der Waals surface area contributed by atoms with E-state index in [1.54, 1.807) is 16.8 Å². The molecule has 0 saturated carbocycles. The van der Waals surface area contributed by atoms with Gasteiger partial charge in [0.05, 0.1) is 21.4 Å². The highest BCUT2D eigenvalue weighted by molar-refractivity contribution is 6.42. The van der Waals surface area contributed by atoms with E-state index < -0.39 is 0 Å². The van der Waals surface area contributed by atoms with Gasteiger partial charge in [0, 0.05) is 6.20 Å². The molecule has 0 radical (unpaired) electrons. The number of aromatic nitrogens is 2. The van der Waals surface area contributed by atoms with Crippen LogP contribution in [0.2, 0.25) is 10.0 Å². The standard InChI is InChI=1S/C11H10Cl2N2/c1-7-6-15(14-8(7)2)9-3-4-10(12)11(13)5-9/h3-6H,1-2H3. The van der Waals surface area contributed by atoms with Crippen molar-refractivity contribution in [3.63, 3.8) is 0 Å². The monoisotopic (exact) mass is 240 g/mol. The van der Waals surface area contributed by atoms with E-state index in [-0.39, 0.29) is 0 Å². The summed E-state index contributed by atoms with van der Waals surface area (Å²) in [6, 6.07) is 5.46. The Morgan fingerprint density at radius 1 is 1.13 bits per heavy atom. The molecule has 0 aliphatic carbocycles. The lowest BCUT2D eigenvalue weighted by Gasteiger charge is -2.02. The van der Waals surface area contributed by atoms with Gasteiger partial charge >= 0.3 is 0 Å². The SMILES string of the molecule is Cc1cn(-c2ccc(Cl)c(Cl)c2)nc1C. The van der Waals surface area contributed by atoms with Crippen molar-refractivity contribution in [2.24, 2.45) is 0 Å². The first-order chi connectivity index (χ1) is 7.08. The minimum absolute atomic E-state index is 0.542. The van der Waals surface area contributed by atoms with Crippen molar-refractivity contribution >= 4 is 23.2 Å². The molecule has 1 aromatic heterocycles. The number of nitrogens with zero attached hydrogens (tertiary/aromatic N) is 2. The number of hydrogen-bond donors (Lipinski definition) is 0. The topological polar surface area (TPSA) is 17.8 Å². The molecule has 0 N–H and O–H groups in total. The van der Waals surface area contributed by atoms with Crippen LogP contribution in [0, 0.1) is 13.8 Å². The third-order valence-electron chi connectivity index (χ3n) is 2.31. The van der Waals surface area contributed by atoms with E-state index >= 15 is 0 Å². The summed E-state index contributed by atoms with van der Waals surface area (Å²) < 4.78 is 1.80. The van der Waals surface area contributed by atoms with Gasteiger partial charge in [-0.25, -0.2) is 4.68 Å². The second-order valence-corrected chi connectivity index (χ2v) is 4.25. The zero-order chi connectivity index (χ0) is 11.0. The molecular formula is C11H10Cl2N2. The Morgan fingerprint density at radius 2 is 1.87 bits per heavy atom. The Hall–Kier alpha value is -0.990. The molecule has 4 heteroatoms. The number of hydrogen-bond acceptors (Lipinski definition) is 1. The summed E-state index contributed by atoms with van der Waals surface area (Å²) in [5.41, 5.74) is 3.09. The highest BCUT2D eigenvalue weighted by Crippen LogP contribution is 2.24. The highest BCUT2D eigenvalue weighted by atomic mass is 35.5. The molecule has 15 heavy (non-hydrogen) atoms. The van der Waals surface area contributed by atoms with Crippen molar-refractivity contribution in [2.45, 2.75) is 13.8 Å². The number of rotatable bonds is 1. The van der Waals surface area contributed by atoms with Crippen LogP contribution in [0.4, 0.5) is 0 Å². The zero-order valence-electron chi connectivity index (χ0n) is 8.46. The molecule has 0 amide bonds. The second-order valence-electron chi connectivity index (χ2n) is 3.44. The largest absolute Gasteiger partial charge is 0.240 e. The molecule has 78 valence electrons. The first-order valence-corrected chi connectivity index (χ1v) is 5.32. The first kappa shape index (κ1) is 10.5. The summed E-state index contributed by atoms with van der Waals surface area (Å²) in [5.74, 6) is 0. The predicted molar refractivity (Wildman–Crippen MR) is 63.1 cm³/mol. The maximum Gasteiger partial charge on any atom is 0.0661 e. The molecule has 0 saturated heterocycles. The summed E-state index contributed by atoms with van der Waals surface area (Å²) in [4.78, 5) is 0. The Labute approximate surface area is 98.4 Å². The van der Waals surface area contributed by atoms with Crippen LogP contribution in [0.3, 0.4) is 0 Å². The molecule has 0 fully saturated rings. The Bertz CT molecular complexity index is 484. The molecule has 0 aliphatic rings. The summed E-state index contributed by atoms with van der Waals surface area (Å²) in [5, 5.41) is 5.46. The summed E-state index contributed by atoms with van der Waals surface area (Å²) in [7, 11) is 0. The van der Waals surface area contributed by atoms with Crippen molar-refractivity contribution in [2.75, 3.05) is 0 Å². The zero-order valence-corrected chi connectivity index (χ0v) is 9.97. The van der Waals surface area contributed by atoms with Crippen molar-refractivity contribution in [1.82, 2.24) is 9.78 Å². The minimum Gasteiger partial charge on any atom is -0.240 e. The van der Waals surface area contributed by atoms with E-state index in [9.17, 15) is 0 Å². The van der Waals surface area contributed by atoms with Crippen molar-refractivity contribution < 1.29 is 0 Å². The van der Waals surface area contributed by atoms with Crippen LogP contribution in [0.1, 0.15) is 11.3 Å². The number of aryl methyl sites for hydroxylation is 2. The fourth-order valence-electron chi connectivity index (χ4n) is 1.31. The fourth-order valence-corrected chi connectivity index (χ4v) is 1.60. The summed E-state index contributed by atoms with van der Waals surface area (Å²) in [6.45, 7) is 4.00. The van der Waals surface area contributed by atoms with Gasteiger partial charge in [-0.05, 0) is 37.6 Å². The fraction of sp³-hybridized carbons (Fsp3) is 0.182. The van der Waals surface area contributed by atoms with E-state index in [2.05, 4.69) is 5.10 Å². The van der Waals surface area contributed by atoms with Gasteiger partial charge in [-0.2, -0.15) is 5.10 Å². The van der Waals surface area contributed by atoms with Crippen molar-refractivity contribution in [3.05, 3.63) is 45.7 Å². The van der Waals surface area contributed by atoms with Gasteiger partial charge < -0.3 is 0 Å². The maximum atomic E-state index is 5.94. The molecule has 0 atom stereocenters. The van der Waals surface area contributed by atoms with Gasteiger partial charge in [0.25, 0.3) is 0 Å². The summed E-state index contributed by atoms with van der Waals surface area (Å²) >= 11 is 11.8. The van der Waals surface area contributed by atoms with E-state index in [1.165, 1.54) is 0 Å². The van der Waals surface area contributed by atoms with Gasteiger partial charge in [0.1, 0.15) is 0 Å². The molecule has 2 rings (SSSR count). The van der Waals surface area contributed by atoms with Gasteiger partial charge in [-0.15, -0.1) is 0 Å². The van der Waals surface area contributed by atoms with Crippen LogP contribution in [-0.2, 0) is 0 Å². The van der Waals surface area contributed by atoms with E-state index in [0.717, 1.165) is 16.9 Å². The number of halogens is 2. The summed E-state index contributed by atoms with van der Waals surface area (Å²) in [6.07, 6.45) is 1.97. The smallest absolute Gasteiger partial charge is 0.0661 e. The van der Waals surface area contributed by atoms with Crippen LogP contribution in [-0.4, -0.2) is 9.78 Å². The van der Waals surface area contributed by atoms with E-state index in [1.807, 2.05) is 26.1 Å². The molecule has 0 aliphatic heterocycles. The quantitative estimate of drug-likeness (QED) is 0.742. The van der Waals surface area contributed by atoms with Crippen LogP contribution < -0.4 is 0 Å². The molecule has 0 unspecified atom stereocenters. The lowest BCUT2D eigenvalue weighted by atomic mass is 10.3. The lowest BCUT2D eigenvalue weighted by molar-refractivity contribution is 0.863. The Kier molecular flexibility index (Phi) is 2.72. The molecule has 1 heterocycles. The van der Waals surface area contributed by atoms with Crippen LogP contribution in [0.15, 0.2) is 24.4 Å². The lowest BCUT2D eigenvalue weighted by Crippen LogP contribution is -1.94. The average molecular weight is 241 g/mol. The van der Waals surface area contributed by atoms with E-state index in [0.29, 0.717) is 10.0 Å². The average Bonchev–Trinajstić information content (AvgIpc) is 2.52. The Morgan fingerprint density at radius 3 is 2.40 bits per heavy atom. The van der Waals surface area contributed by atoms with Crippen LogP contribution in [0.25, 0.3) is 5.69 Å². The third kappa shape index (κ3) is 2.01. The van der Waals surface area contributed by atoms with Crippen molar-refractivity contribution in [1.29, 1.82) is 0 Å². The molecule has 1 aromatic carbocycles. The van der Waals surface area contributed by atoms with Gasteiger partial charge in [-0.3, -0.25) is 0 Å². The first-order valence-electron chi connectivity index (χ1n) is 4.56. The number of benzene rings is 1. The maximum absolute atomic E-state index is 5.94. The Balaban J connectivity index is 2.49. The minimum atomic E-state index is 0.542. The normalized spacial score (nSPS) is 10.7. The van der Waals surface area contributed by atoms with Crippen molar-refractivity contribution in [3.8, 4) is 5.69 Å².